The second-order valence-corrected chi connectivity index (χ2v) is 3.89. The van der Waals surface area contributed by atoms with E-state index < -0.39 is 0 Å². The number of ether oxygens (including phenoxy) is 1. The minimum atomic E-state index is -0.189. The van der Waals surface area contributed by atoms with Gasteiger partial charge in [-0.15, -0.1) is 0 Å². The van der Waals surface area contributed by atoms with Crippen molar-refractivity contribution < 1.29 is 9.53 Å². The van der Waals surface area contributed by atoms with Crippen LogP contribution in [0.4, 0.5) is 0 Å². The van der Waals surface area contributed by atoms with Crippen molar-refractivity contribution in [1.82, 2.24) is 0 Å². The number of unbranched alkanes of at least 4 members (excludes halogenated alkanes) is 3. The molecule has 88 valence electrons. The summed E-state index contributed by atoms with van der Waals surface area (Å²) in [5, 5.41) is 0. The Hall–Kier alpha value is -0.790. The Morgan fingerprint density at radius 1 is 1.20 bits per heavy atom. The molecule has 0 aliphatic heterocycles. The lowest BCUT2D eigenvalue weighted by Crippen LogP contribution is -2.03. The van der Waals surface area contributed by atoms with E-state index in [9.17, 15) is 4.79 Å². The van der Waals surface area contributed by atoms with E-state index in [4.69, 9.17) is 4.74 Å². The molecule has 0 fully saturated rings. The molecule has 0 saturated carbocycles. The van der Waals surface area contributed by atoms with Crippen molar-refractivity contribution in [3.63, 3.8) is 0 Å². The van der Waals surface area contributed by atoms with Gasteiger partial charge < -0.3 is 4.74 Å². The molecule has 0 saturated heterocycles. The first-order chi connectivity index (χ1) is 7.20. The molecule has 0 aliphatic rings. The van der Waals surface area contributed by atoms with Crippen LogP contribution in [-0.2, 0) is 9.53 Å². The van der Waals surface area contributed by atoms with Gasteiger partial charge in [0.05, 0.1) is 0 Å². The standard InChI is InChI=1S/C13H24O2/c1-4-6-7-8-10-13(9-5-2)11-15-12(3)14/h10H,4-9,11H2,1-3H3/b13-10+. The number of allylic oxidation sites excluding steroid dienone is 1. The maximum Gasteiger partial charge on any atom is 0.302 e. The molecule has 0 aromatic heterocycles. The first kappa shape index (κ1) is 14.2. The number of carbonyl (C=O) groups excluding carboxylic acids is 1. The van der Waals surface area contributed by atoms with Gasteiger partial charge in [-0.1, -0.05) is 39.2 Å². The Labute approximate surface area is 93.7 Å². The van der Waals surface area contributed by atoms with Gasteiger partial charge in [0.2, 0.25) is 0 Å². The summed E-state index contributed by atoms with van der Waals surface area (Å²) in [5.41, 5.74) is 1.27. The predicted octanol–water partition coefficient (Wildman–Crippen LogP) is 3.86. The molecule has 0 radical (unpaired) electrons. The predicted molar refractivity (Wildman–Crippen MR) is 63.8 cm³/mol. The maximum absolute atomic E-state index is 10.7. The molecule has 0 unspecified atom stereocenters. The minimum Gasteiger partial charge on any atom is -0.461 e. The van der Waals surface area contributed by atoms with Gasteiger partial charge in [-0.05, 0) is 24.8 Å². The van der Waals surface area contributed by atoms with E-state index in [1.807, 2.05) is 0 Å². The molecule has 2 nitrogen and oxygen atoms in total. The highest BCUT2D eigenvalue weighted by Crippen LogP contribution is 2.09. The summed E-state index contributed by atoms with van der Waals surface area (Å²) in [4.78, 5) is 10.7. The fourth-order valence-electron chi connectivity index (χ4n) is 1.45. The van der Waals surface area contributed by atoms with Crippen molar-refractivity contribution in [2.24, 2.45) is 0 Å². The van der Waals surface area contributed by atoms with Crippen LogP contribution in [0.2, 0.25) is 0 Å². The van der Waals surface area contributed by atoms with E-state index >= 15 is 0 Å². The number of hydrogen-bond acceptors (Lipinski definition) is 2. The van der Waals surface area contributed by atoms with Gasteiger partial charge in [0.25, 0.3) is 0 Å². The van der Waals surface area contributed by atoms with Crippen molar-refractivity contribution >= 4 is 5.97 Å². The molecule has 0 bridgehead atoms. The lowest BCUT2D eigenvalue weighted by atomic mass is 10.1. The maximum atomic E-state index is 10.7. The molecule has 0 spiro atoms. The zero-order chi connectivity index (χ0) is 11.5. The topological polar surface area (TPSA) is 26.3 Å². The Morgan fingerprint density at radius 3 is 2.47 bits per heavy atom. The average molecular weight is 212 g/mol. The fraction of sp³-hybridized carbons (Fsp3) is 0.769. The molecule has 0 aliphatic carbocycles. The molecule has 0 aromatic rings. The normalized spacial score (nSPS) is 11.5. The highest BCUT2D eigenvalue weighted by atomic mass is 16.5. The molecule has 15 heavy (non-hydrogen) atoms. The van der Waals surface area contributed by atoms with Crippen LogP contribution in [-0.4, -0.2) is 12.6 Å². The Kier molecular flexibility index (Phi) is 9.24. The zero-order valence-electron chi connectivity index (χ0n) is 10.3. The quantitative estimate of drug-likeness (QED) is 0.347. The largest absolute Gasteiger partial charge is 0.461 e. The van der Waals surface area contributed by atoms with Gasteiger partial charge >= 0.3 is 5.97 Å². The molecule has 0 atom stereocenters. The van der Waals surface area contributed by atoms with Gasteiger partial charge in [0.15, 0.2) is 0 Å². The number of hydrogen-bond donors (Lipinski definition) is 0. The van der Waals surface area contributed by atoms with Crippen molar-refractivity contribution in [3.8, 4) is 0 Å². The first-order valence-electron chi connectivity index (χ1n) is 6.02. The second-order valence-electron chi connectivity index (χ2n) is 3.89. The number of rotatable bonds is 8. The van der Waals surface area contributed by atoms with E-state index in [-0.39, 0.29) is 5.97 Å². The highest BCUT2D eigenvalue weighted by Gasteiger charge is 1.99. The molecule has 0 rings (SSSR count). The molecular weight excluding hydrogens is 188 g/mol. The summed E-state index contributed by atoms with van der Waals surface area (Å²) in [6, 6.07) is 0. The highest BCUT2D eigenvalue weighted by molar-refractivity contribution is 5.66. The summed E-state index contributed by atoms with van der Waals surface area (Å²) in [5.74, 6) is -0.189. The van der Waals surface area contributed by atoms with Crippen LogP contribution < -0.4 is 0 Å². The molecule has 0 aromatic carbocycles. The third-order valence-corrected chi connectivity index (χ3v) is 2.27. The summed E-state index contributed by atoms with van der Waals surface area (Å²) >= 11 is 0. The number of carbonyl (C=O) groups is 1. The molecule has 2 heteroatoms. The number of esters is 1. The minimum absolute atomic E-state index is 0.189. The van der Waals surface area contributed by atoms with Crippen LogP contribution in [0.3, 0.4) is 0 Å². The van der Waals surface area contributed by atoms with Crippen LogP contribution in [0, 0.1) is 0 Å². The molecule has 0 N–H and O–H groups in total. The Bertz CT molecular complexity index is 195. The van der Waals surface area contributed by atoms with Gasteiger partial charge in [-0.25, -0.2) is 0 Å². The van der Waals surface area contributed by atoms with Gasteiger partial charge in [-0.2, -0.15) is 0 Å². The zero-order valence-corrected chi connectivity index (χ0v) is 10.3. The van der Waals surface area contributed by atoms with E-state index in [0.717, 1.165) is 19.3 Å². The Morgan fingerprint density at radius 2 is 1.93 bits per heavy atom. The van der Waals surface area contributed by atoms with Crippen LogP contribution in [0.1, 0.15) is 59.3 Å². The summed E-state index contributed by atoms with van der Waals surface area (Å²) < 4.78 is 5.01. The monoisotopic (exact) mass is 212 g/mol. The van der Waals surface area contributed by atoms with E-state index in [0.29, 0.717) is 6.61 Å². The van der Waals surface area contributed by atoms with E-state index in [2.05, 4.69) is 19.9 Å². The van der Waals surface area contributed by atoms with E-state index in [1.54, 1.807) is 0 Å². The van der Waals surface area contributed by atoms with Crippen LogP contribution in [0.5, 0.6) is 0 Å². The fourth-order valence-corrected chi connectivity index (χ4v) is 1.45. The lowest BCUT2D eigenvalue weighted by Gasteiger charge is -2.06. The van der Waals surface area contributed by atoms with Crippen LogP contribution in [0.15, 0.2) is 11.6 Å². The lowest BCUT2D eigenvalue weighted by molar-refractivity contribution is -0.140. The van der Waals surface area contributed by atoms with Crippen molar-refractivity contribution in [1.29, 1.82) is 0 Å². The van der Waals surface area contributed by atoms with E-state index in [1.165, 1.54) is 31.8 Å². The van der Waals surface area contributed by atoms with Gasteiger partial charge in [0, 0.05) is 6.92 Å². The Balaban J connectivity index is 3.83. The van der Waals surface area contributed by atoms with Gasteiger partial charge in [-0.3, -0.25) is 4.79 Å². The van der Waals surface area contributed by atoms with Crippen LogP contribution in [0.25, 0.3) is 0 Å². The summed E-state index contributed by atoms with van der Waals surface area (Å²) in [7, 11) is 0. The second kappa shape index (κ2) is 9.75. The smallest absolute Gasteiger partial charge is 0.302 e. The van der Waals surface area contributed by atoms with Gasteiger partial charge in [0.1, 0.15) is 6.61 Å². The summed E-state index contributed by atoms with van der Waals surface area (Å²) in [6.07, 6.45) is 9.28. The molecule has 0 amide bonds. The van der Waals surface area contributed by atoms with Crippen molar-refractivity contribution in [3.05, 3.63) is 11.6 Å². The SMILES string of the molecule is CCCCC/C=C(\CCC)COC(C)=O. The van der Waals surface area contributed by atoms with Crippen molar-refractivity contribution in [2.75, 3.05) is 6.61 Å². The van der Waals surface area contributed by atoms with Crippen LogP contribution >= 0.6 is 0 Å². The molecule has 0 heterocycles. The first-order valence-corrected chi connectivity index (χ1v) is 6.02. The third-order valence-electron chi connectivity index (χ3n) is 2.27. The molecular formula is C13H24O2. The average Bonchev–Trinajstić information content (AvgIpc) is 2.20. The van der Waals surface area contributed by atoms with Crippen molar-refractivity contribution in [2.45, 2.75) is 59.3 Å². The summed E-state index contributed by atoms with van der Waals surface area (Å²) in [6.45, 7) is 6.29. The third kappa shape index (κ3) is 9.51.